The number of carbonyl (C=O) groups excluding carboxylic acids is 6. The van der Waals surface area contributed by atoms with Crippen molar-refractivity contribution in [2.75, 3.05) is 19.6 Å². The van der Waals surface area contributed by atoms with Gasteiger partial charge in [0.1, 0.15) is 29.9 Å². The van der Waals surface area contributed by atoms with Crippen LogP contribution in [-0.4, -0.2) is 112 Å². The quantitative estimate of drug-likeness (QED) is 0.182. The third-order valence-corrected chi connectivity index (χ3v) is 8.12. The van der Waals surface area contributed by atoms with E-state index in [1.807, 2.05) is 13.8 Å². The molecule has 2 aliphatic rings. The molecule has 0 radical (unpaired) electrons. The lowest BCUT2D eigenvalue weighted by Crippen LogP contribution is -2.62. The Hall–Kier alpha value is -4.24. The Bertz CT molecular complexity index is 1330. The van der Waals surface area contributed by atoms with Crippen LogP contribution in [0, 0.1) is 5.92 Å². The van der Waals surface area contributed by atoms with Crippen LogP contribution in [0.2, 0.25) is 0 Å². The number of phenols is 1. The number of hydrogen-bond acceptors (Lipinski definition) is 9. The molecule has 48 heavy (non-hydrogen) atoms. The van der Waals surface area contributed by atoms with E-state index in [2.05, 4.69) is 31.9 Å². The molecule has 15 heteroatoms. The van der Waals surface area contributed by atoms with Crippen LogP contribution in [-0.2, 0) is 35.2 Å². The minimum absolute atomic E-state index is 0.0303. The van der Waals surface area contributed by atoms with E-state index in [9.17, 15) is 39.0 Å². The van der Waals surface area contributed by atoms with Gasteiger partial charge in [-0.15, -0.1) is 0 Å². The third-order valence-electron chi connectivity index (χ3n) is 8.12. The highest BCUT2D eigenvalue weighted by Gasteiger charge is 2.41. The van der Waals surface area contributed by atoms with Gasteiger partial charge in [0, 0.05) is 18.5 Å². The molecule has 2 saturated heterocycles. The number of nitrogens with one attached hydrogen (secondary N) is 6. The summed E-state index contributed by atoms with van der Waals surface area (Å²) in [5, 5.41) is 36.2. The molecule has 0 spiro atoms. The van der Waals surface area contributed by atoms with E-state index >= 15 is 0 Å². The molecule has 0 saturated carbocycles. The van der Waals surface area contributed by atoms with E-state index in [-0.39, 0.29) is 31.1 Å². The number of carbonyl (C=O) groups is 6. The molecule has 2 fully saturated rings. The lowest BCUT2D eigenvalue weighted by molar-refractivity contribution is -0.136. The second kappa shape index (κ2) is 16.7. The Morgan fingerprint density at radius 1 is 0.917 bits per heavy atom. The van der Waals surface area contributed by atoms with E-state index in [1.54, 1.807) is 37.8 Å². The highest BCUT2D eigenvalue weighted by atomic mass is 16.3. The van der Waals surface area contributed by atoms with Crippen molar-refractivity contribution in [3.8, 4) is 5.75 Å². The average molecular weight is 674 g/mol. The Morgan fingerprint density at radius 2 is 1.56 bits per heavy atom. The molecule has 0 aliphatic carbocycles. The molecule has 2 aliphatic heterocycles. The average Bonchev–Trinajstić information content (AvgIpc) is 3.47. The second-order valence-corrected chi connectivity index (χ2v) is 14.0. The van der Waals surface area contributed by atoms with Crippen LogP contribution >= 0.6 is 0 Å². The standard InChI is InChI=1S/C33H51N7O8/c1-18(2)14-22-28(44)35-17-26(43)38-27(19(3)41)32(48)34-16-25(31(47)39-33(4,5)6)40-13-7-8-24(40)30(46)37-23(29(45)36-22)15-20-9-11-21(42)12-10-20/h9-12,18-19,22-25,27,41-42H,7-8,13-17H2,1-6H3,(H,34,48)(H,35,44)(H,36,45)(H,37,46)(H,38,43)(H,39,47)/t19-,22+,23+,24+,25-,27+/m1/s1. The number of fused-ring (bicyclic) bond motifs is 1. The first-order chi connectivity index (χ1) is 22.4. The summed E-state index contributed by atoms with van der Waals surface area (Å²) in [6.45, 7) is 10.0. The molecule has 0 bridgehead atoms. The number of phenolic OH excluding ortho intramolecular Hbond substituents is 1. The van der Waals surface area contributed by atoms with Crippen LogP contribution in [0.15, 0.2) is 24.3 Å². The van der Waals surface area contributed by atoms with E-state index in [4.69, 9.17) is 0 Å². The minimum Gasteiger partial charge on any atom is -0.508 e. The van der Waals surface area contributed by atoms with Crippen molar-refractivity contribution in [2.45, 2.75) is 109 Å². The van der Waals surface area contributed by atoms with Crippen molar-refractivity contribution >= 4 is 35.4 Å². The maximum absolute atomic E-state index is 14.0. The SMILES string of the molecule is CC(C)C[C@@H]1NC(=O)[C@H](Cc2ccc(O)cc2)NC(=O)[C@@H]2CCCN2[C@@H](C(=O)NC(C)(C)C)CNC(=O)[C@H]([C@@H](C)O)NC(=O)CNC1=O. The number of amides is 6. The van der Waals surface area contributed by atoms with Crippen molar-refractivity contribution in [3.05, 3.63) is 29.8 Å². The minimum atomic E-state index is -1.40. The zero-order chi connectivity index (χ0) is 35.8. The number of aromatic hydroxyl groups is 1. The molecule has 0 unspecified atom stereocenters. The molecule has 1 aromatic rings. The van der Waals surface area contributed by atoms with Crippen LogP contribution in [0.5, 0.6) is 5.75 Å². The highest BCUT2D eigenvalue weighted by molar-refractivity contribution is 5.95. The molecule has 8 N–H and O–H groups in total. The molecule has 1 aromatic carbocycles. The Balaban J connectivity index is 2.03. The smallest absolute Gasteiger partial charge is 0.245 e. The Kier molecular flexibility index (Phi) is 13.3. The summed E-state index contributed by atoms with van der Waals surface area (Å²) in [5.74, 6) is -3.73. The van der Waals surface area contributed by atoms with Gasteiger partial charge in [-0.2, -0.15) is 0 Å². The first-order valence-electron chi connectivity index (χ1n) is 16.4. The summed E-state index contributed by atoms with van der Waals surface area (Å²) in [4.78, 5) is 82.4. The predicted octanol–water partition coefficient (Wildman–Crippen LogP) is -1.19. The van der Waals surface area contributed by atoms with E-state index < -0.39 is 83.8 Å². The number of benzene rings is 1. The van der Waals surface area contributed by atoms with Crippen LogP contribution in [0.1, 0.15) is 66.4 Å². The third kappa shape index (κ3) is 11.2. The zero-order valence-corrected chi connectivity index (χ0v) is 28.6. The molecule has 0 aromatic heterocycles. The van der Waals surface area contributed by atoms with Gasteiger partial charge in [-0.1, -0.05) is 26.0 Å². The van der Waals surface area contributed by atoms with Crippen molar-refractivity contribution in [1.29, 1.82) is 0 Å². The number of hydrogen-bond donors (Lipinski definition) is 8. The number of nitrogens with zero attached hydrogens (tertiary/aromatic N) is 1. The number of aliphatic hydroxyl groups is 1. The molecule has 266 valence electrons. The van der Waals surface area contributed by atoms with Crippen LogP contribution < -0.4 is 31.9 Å². The van der Waals surface area contributed by atoms with Gasteiger partial charge in [0.25, 0.3) is 0 Å². The van der Waals surface area contributed by atoms with Gasteiger partial charge >= 0.3 is 0 Å². The topological polar surface area (TPSA) is 218 Å². The summed E-state index contributed by atoms with van der Waals surface area (Å²) in [5.41, 5.74) is 0.00309. The summed E-state index contributed by atoms with van der Waals surface area (Å²) in [6, 6.07) is 0.722. The van der Waals surface area contributed by atoms with Crippen molar-refractivity contribution in [1.82, 2.24) is 36.8 Å². The highest BCUT2D eigenvalue weighted by Crippen LogP contribution is 2.22. The van der Waals surface area contributed by atoms with Crippen molar-refractivity contribution in [2.24, 2.45) is 5.92 Å². The van der Waals surface area contributed by atoms with Gasteiger partial charge in [-0.05, 0) is 77.1 Å². The summed E-state index contributed by atoms with van der Waals surface area (Å²) < 4.78 is 0. The molecule has 6 atom stereocenters. The normalized spacial score (nSPS) is 26.2. The zero-order valence-electron chi connectivity index (χ0n) is 28.6. The van der Waals surface area contributed by atoms with Gasteiger partial charge in [-0.3, -0.25) is 33.7 Å². The fraction of sp³-hybridized carbons (Fsp3) is 0.636. The Labute approximate surface area is 281 Å². The Morgan fingerprint density at radius 3 is 2.17 bits per heavy atom. The summed E-state index contributed by atoms with van der Waals surface area (Å²) >= 11 is 0. The van der Waals surface area contributed by atoms with Gasteiger partial charge in [0.2, 0.25) is 35.4 Å². The van der Waals surface area contributed by atoms with E-state index in [0.29, 0.717) is 24.9 Å². The van der Waals surface area contributed by atoms with Gasteiger partial charge in [0.15, 0.2) is 0 Å². The number of aliphatic hydroxyl groups excluding tert-OH is 1. The maximum atomic E-state index is 14.0. The van der Waals surface area contributed by atoms with Gasteiger partial charge in [0.05, 0.1) is 18.7 Å². The molecule has 15 nitrogen and oxygen atoms in total. The summed E-state index contributed by atoms with van der Waals surface area (Å²) in [6.07, 6.45) is -0.131. The predicted molar refractivity (Wildman–Crippen MR) is 176 cm³/mol. The van der Waals surface area contributed by atoms with E-state index in [0.717, 1.165) is 0 Å². The lowest BCUT2D eigenvalue weighted by atomic mass is 10.0. The first-order valence-corrected chi connectivity index (χ1v) is 16.4. The van der Waals surface area contributed by atoms with Crippen molar-refractivity contribution < 1.29 is 39.0 Å². The van der Waals surface area contributed by atoms with E-state index in [1.165, 1.54) is 19.1 Å². The van der Waals surface area contributed by atoms with Gasteiger partial charge in [-0.25, -0.2) is 0 Å². The molecule has 3 rings (SSSR count). The fourth-order valence-electron chi connectivity index (χ4n) is 5.80. The molecule has 2 heterocycles. The van der Waals surface area contributed by atoms with Crippen molar-refractivity contribution in [3.63, 3.8) is 0 Å². The molecule has 6 amide bonds. The van der Waals surface area contributed by atoms with Gasteiger partial charge < -0.3 is 42.1 Å². The van der Waals surface area contributed by atoms with Crippen LogP contribution in [0.25, 0.3) is 0 Å². The number of rotatable bonds is 6. The lowest BCUT2D eigenvalue weighted by Gasteiger charge is -2.35. The second-order valence-electron chi connectivity index (χ2n) is 14.0. The molecular formula is C33H51N7O8. The summed E-state index contributed by atoms with van der Waals surface area (Å²) in [7, 11) is 0. The van der Waals surface area contributed by atoms with Crippen LogP contribution in [0.4, 0.5) is 0 Å². The maximum Gasteiger partial charge on any atom is 0.245 e. The first kappa shape index (κ1) is 38.2. The fourth-order valence-corrected chi connectivity index (χ4v) is 5.80. The van der Waals surface area contributed by atoms with Crippen LogP contribution in [0.3, 0.4) is 0 Å². The largest absolute Gasteiger partial charge is 0.508 e. The molecular weight excluding hydrogens is 622 g/mol. The monoisotopic (exact) mass is 673 g/mol.